The summed E-state index contributed by atoms with van der Waals surface area (Å²) in [5.74, 6) is 0.756. The van der Waals surface area contributed by atoms with Crippen LogP contribution in [0.3, 0.4) is 0 Å². The number of anilines is 1. The number of hydrogen-bond acceptors (Lipinski definition) is 5. The Hall–Kier alpha value is -3.27. The molecule has 2 N–H and O–H groups in total. The first kappa shape index (κ1) is 24.4. The van der Waals surface area contributed by atoms with E-state index in [0.717, 1.165) is 12.1 Å². The first-order valence-electron chi connectivity index (χ1n) is 10.5. The van der Waals surface area contributed by atoms with Crippen LogP contribution in [0, 0.1) is 0 Å². The maximum absolute atomic E-state index is 13.2. The summed E-state index contributed by atoms with van der Waals surface area (Å²) in [5.41, 5.74) is 0.304. The van der Waals surface area contributed by atoms with Gasteiger partial charge in [0.25, 0.3) is 0 Å². The summed E-state index contributed by atoms with van der Waals surface area (Å²) >= 11 is 0. The number of nitrogens with zero attached hydrogens (tertiary/aromatic N) is 3. The van der Waals surface area contributed by atoms with Gasteiger partial charge in [-0.2, -0.15) is 18.2 Å². The van der Waals surface area contributed by atoms with E-state index < -0.39 is 24.1 Å². The molecule has 1 unspecified atom stereocenters. The van der Waals surface area contributed by atoms with E-state index in [1.54, 1.807) is 38.1 Å². The number of aliphatic hydroxyl groups is 1. The Bertz CT molecular complexity index is 990. The first-order chi connectivity index (χ1) is 15.5. The van der Waals surface area contributed by atoms with Crippen LogP contribution in [0.5, 0.6) is 5.75 Å². The highest BCUT2D eigenvalue weighted by Crippen LogP contribution is 2.29. The quantitative estimate of drug-likeness (QED) is 0.639. The Labute approximate surface area is 190 Å². The zero-order valence-electron chi connectivity index (χ0n) is 18.8. The van der Waals surface area contributed by atoms with E-state index in [0.29, 0.717) is 17.0 Å². The SMILES string of the molecule is CC(C)Oc1ccc(NC2=NC(O)N(C(C)C)C(=O)N2Cc2ccc(C(F)(F)F)cc2)cc1. The van der Waals surface area contributed by atoms with E-state index in [-0.39, 0.29) is 24.7 Å². The summed E-state index contributed by atoms with van der Waals surface area (Å²) < 4.78 is 44.3. The Morgan fingerprint density at radius 1 is 1.06 bits per heavy atom. The largest absolute Gasteiger partial charge is 0.491 e. The van der Waals surface area contributed by atoms with E-state index >= 15 is 0 Å². The maximum atomic E-state index is 13.2. The molecule has 3 rings (SSSR count). The summed E-state index contributed by atoms with van der Waals surface area (Å²) in [6, 6.07) is 10.7. The molecule has 10 heteroatoms. The predicted octanol–water partition coefficient (Wildman–Crippen LogP) is 4.88. The van der Waals surface area contributed by atoms with Gasteiger partial charge >= 0.3 is 12.2 Å². The van der Waals surface area contributed by atoms with Crippen LogP contribution in [0.15, 0.2) is 53.5 Å². The van der Waals surface area contributed by atoms with Crippen molar-refractivity contribution in [1.82, 2.24) is 9.80 Å². The monoisotopic (exact) mass is 464 g/mol. The highest BCUT2D eigenvalue weighted by molar-refractivity contribution is 6.05. The van der Waals surface area contributed by atoms with E-state index in [9.17, 15) is 23.1 Å². The standard InChI is InChI=1S/C23H27F3N4O3/c1-14(2)30-21(31)28-20(27-18-9-11-19(12-10-18)33-15(3)4)29(22(30)32)13-16-5-7-17(8-6-16)23(24,25)26/h5-12,14-15,21,31H,13H2,1-4H3,(H,27,28). The Kier molecular flexibility index (Phi) is 7.16. The molecule has 2 aromatic carbocycles. The van der Waals surface area contributed by atoms with Gasteiger partial charge in [-0.15, -0.1) is 0 Å². The number of aliphatic imine (C=N–C) groups is 1. The van der Waals surface area contributed by atoms with Crippen molar-refractivity contribution in [2.24, 2.45) is 4.99 Å². The lowest BCUT2D eigenvalue weighted by Gasteiger charge is -2.39. The molecule has 0 aliphatic carbocycles. The fourth-order valence-electron chi connectivity index (χ4n) is 3.30. The van der Waals surface area contributed by atoms with Crippen LogP contribution < -0.4 is 10.1 Å². The number of aliphatic hydroxyl groups excluding tert-OH is 1. The highest BCUT2D eigenvalue weighted by atomic mass is 19.4. The maximum Gasteiger partial charge on any atom is 0.416 e. The number of ether oxygens (including phenoxy) is 1. The number of hydrogen-bond donors (Lipinski definition) is 2. The average Bonchev–Trinajstić information content (AvgIpc) is 2.71. The number of guanidine groups is 1. The van der Waals surface area contributed by atoms with Crippen LogP contribution in [0.2, 0.25) is 0 Å². The van der Waals surface area contributed by atoms with Gasteiger partial charge in [0.1, 0.15) is 5.75 Å². The second-order valence-electron chi connectivity index (χ2n) is 8.18. The fraction of sp³-hybridized carbons (Fsp3) is 0.391. The normalized spacial score (nSPS) is 17.0. The molecule has 0 fully saturated rings. The lowest BCUT2D eigenvalue weighted by molar-refractivity contribution is -0.137. The van der Waals surface area contributed by atoms with Crippen molar-refractivity contribution in [2.75, 3.05) is 5.32 Å². The molecule has 1 aliphatic rings. The van der Waals surface area contributed by atoms with Crippen molar-refractivity contribution >= 4 is 17.7 Å². The van der Waals surface area contributed by atoms with Gasteiger partial charge in [-0.05, 0) is 69.7 Å². The third-order valence-corrected chi connectivity index (χ3v) is 4.85. The number of amides is 2. The lowest BCUT2D eigenvalue weighted by atomic mass is 10.1. The first-order valence-corrected chi connectivity index (χ1v) is 10.5. The van der Waals surface area contributed by atoms with E-state index in [1.165, 1.54) is 21.9 Å². The predicted molar refractivity (Wildman–Crippen MR) is 119 cm³/mol. The number of urea groups is 1. The van der Waals surface area contributed by atoms with Crippen molar-refractivity contribution in [3.8, 4) is 5.75 Å². The van der Waals surface area contributed by atoms with Crippen LogP contribution in [0.4, 0.5) is 23.7 Å². The van der Waals surface area contributed by atoms with E-state index in [1.807, 2.05) is 13.8 Å². The molecule has 2 amide bonds. The molecule has 0 spiro atoms. The molecule has 2 aromatic rings. The Balaban J connectivity index is 1.87. The van der Waals surface area contributed by atoms with Gasteiger partial charge in [0, 0.05) is 11.7 Å². The van der Waals surface area contributed by atoms with E-state index in [4.69, 9.17) is 4.74 Å². The molecule has 0 bridgehead atoms. The third kappa shape index (κ3) is 5.95. The highest BCUT2D eigenvalue weighted by Gasteiger charge is 2.37. The topological polar surface area (TPSA) is 77.4 Å². The Morgan fingerprint density at radius 3 is 2.18 bits per heavy atom. The summed E-state index contributed by atoms with van der Waals surface area (Å²) in [7, 11) is 0. The second kappa shape index (κ2) is 9.70. The minimum atomic E-state index is -4.45. The van der Waals surface area contributed by atoms with Crippen molar-refractivity contribution in [2.45, 2.75) is 58.9 Å². The number of benzene rings is 2. The van der Waals surface area contributed by atoms with Gasteiger partial charge in [-0.25, -0.2) is 4.79 Å². The molecule has 0 saturated heterocycles. The Morgan fingerprint density at radius 2 is 1.67 bits per heavy atom. The molecule has 178 valence electrons. The molecule has 1 heterocycles. The van der Waals surface area contributed by atoms with Crippen LogP contribution in [0.25, 0.3) is 0 Å². The molecular formula is C23H27F3N4O3. The summed E-state index contributed by atoms with van der Waals surface area (Å²) in [6.07, 6.45) is -5.83. The summed E-state index contributed by atoms with van der Waals surface area (Å²) in [5, 5.41) is 13.4. The van der Waals surface area contributed by atoms with Gasteiger partial charge in [-0.3, -0.25) is 9.80 Å². The molecular weight excluding hydrogens is 437 g/mol. The zero-order chi connectivity index (χ0) is 24.3. The molecule has 7 nitrogen and oxygen atoms in total. The van der Waals surface area contributed by atoms with Crippen molar-refractivity contribution in [1.29, 1.82) is 0 Å². The van der Waals surface area contributed by atoms with Crippen LogP contribution in [0.1, 0.15) is 38.8 Å². The minimum Gasteiger partial charge on any atom is -0.491 e. The van der Waals surface area contributed by atoms with Gasteiger partial charge in [-0.1, -0.05) is 12.1 Å². The molecule has 1 atom stereocenters. The number of halogens is 3. The van der Waals surface area contributed by atoms with Gasteiger partial charge in [0.15, 0.2) is 0 Å². The number of carbonyl (C=O) groups excluding carboxylic acids is 1. The summed E-state index contributed by atoms with van der Waals surface area (Å²) in [4.78, 5) is 19.8. The molecule has 0 radical (unpaired) electrons. The lowest BCUT2D eigenvalue weighted by Crippen LogP contribution is -2.58. The number of carbonyl (C=O) groups is 1. The second-order valence-corrected chi connectivity index (χ2v) is 8.18. The number of alkyl halides is 3. The van der Waals surface area contributed by atoms with Crippen LogP contribution >= 0.6 is 0 Å². The average molecular weight is 464 g/mol. The van der Waals surface area contributed by atoms with Crippen LogP contribution in [-0.2, 0) is 12.7 Å². The molecule has 0 saturated carbocycles. The smallest absolute Gasteiger partial charge is 0.416 e. The van der Waals surface area contributed by atoms with Gasteiger partial charge < -0.3 is 15.2 Å². The third-order valence-electron chi connectivity index (χ3n) is 4.85. The van der Waals surface area contributed by atoms with Crippen LogP contribution in [-0.4, -0.2) is 45.4 Å². The molecule has 33 heavy (non-hydrogen) atoms. The summed E-state index contributed by atoms with van der Waals surface area (Å²) in [6.45, 7) is 7.26. The van der Waals surface area contributed by atoms with E-state index in [2.05, 4.69) is 10.3 Å². The molecule has 1 aliphatic heterocycles. The zero-order valence-corrected chi connectivity index (χ0v) is 18.8. The minimum absolute atomic E-state index is 0.0144. The van der Waals surface area contributed by atoms with Crippen molar-refractivity contribution in [3.63, 3.8) is 0 Å². The van der Waals surface area contributed by atoms with Gasteiger partial charge in [0.2, 0.25) is 12.3 Å². The van der Waals surface area contributed by atoms with Crippen molar-refractivity contribution in [3.05, 3.63) is 59.7 Å². The molecule has 0 aromatic heterocycles. The number of nitrogens with one attached hydrogen (secondary N) is 1. The van der Waals surface area contributed by atoms with Gasteiger partial charge in [0.05, 0.1) is 18.2 Å². The number of rotatable bonds is 6. The van der Waals surface area contributed by atoms with Crippen molar-refractivity contribution < 1.29 is 27.8 Å². The fourth-order valence-corrected chi connectivity index (χ4v) is 3.30.